The maximum absolute atomic E-state index is 13.0. The molecule has 114 valence electrons. The standard InChI is InChI=1S/C15H12ClFN2O3/c1-22-13-7-11(16)5-10(14(13)20)8-18-19-15(21)9-3-2-4-12(17)6-9/h2-8,20H,1H3,(H,19,21). The molecule has 0 aliphatic carbocycles. The Labute approximate surface area is 131 Å². The molecule has 0 aliphatic heterocycles. The van der Waals surface area contributed by atoms with E-state index in [9.17, 15) is 14.3 Å². The van der Waals surface area contributed by atoms with E-state index in [2.05, 4.69) is 10.5 Å². The van der Waals surface area contributed by atoms with Gasteiger partial charge < -0.3 is 9.84 Å². The lowest BCUT2D eigenvalue weighted by Crippen LogP contribution is -2.17. The summed E-state index contributed by atoms with van der Waals surface area (Å²) in [5.41, 5.74) is 2.62. The molecule has 0 saturated carbocycles. The molecule has 2 N–H and O–H groups in total. The molecule has 0 bridgehead atoms. The van der Waals surface area contributed by atoms with Gasteiger partial charge in [0.2, 0.25) is 0 Å². The zero-order valence-electron chi connectivity index (χ0n) is 11.5. The minimum Gasteiger partial charge on any atom is -0.504 e. The summed E-state index contributed by atoms with van der Waals surface area (Å²) in [6.07, 6.45) is 1.21. The van der Waals surface area contributed by atoms with Gasteiger partial charge in [0.15, 0.2) is 11.5 Å². The molecule has 1 amide bonds. The van der Waals surface area contributed by atoms with Crippen LogP contribution < -0.4 is 10.2 Å². The molecule has 0 spiro atoms. The second-order valence-electron chi connectivity index (χ2n) is 4.26. The van der Waals surface area contributed by atoms with Gasteiger partial charge in [0.05, 0.1) is 13.3 Å². The van der Waals surface area contributed by atoms with E-state index in [0.29, 0.717) is 5.02 Å². The Hall–Kier alpha value is -2.60. The van der Waals surface area contributed by atoms with Crippen LogP contribution in [-0.4, -0.2) is 24.3 Å². The normalized spacial score (nSPS) is 10.7. The van der Waals surface area contributed by atoms with Gasteiger partial charge >= 0.3 is 0 Å². The molecule has 2 aromatic carbocycles. The van der Waals surface area contributed by atoms with Crippen molar-refractivity contribution in [3.8, 4) is 11.5 Å². The number of hydrazone groups is 1. The lowest BCUT2D eigenvalue weighted by atomic mass is 10.2. The van der Waals surface area contributed by atoms with Crippen LogP contribution in [0.4, 0.5) is 4.39 Å². The summed E-state index contributed by atoms with van der Waals surface area (Å²) in [6, 6.07) is 8.09. The number of amides is 1. The molecule has 0 aliphatic rings. The molecule has 2 aromatic rings. The zero-order valence-corrected chi connectivity index (χ0v) is 12.3. The summed E-state index contributed by atoms with van der Waals surface area (Å²) in [6.45, 7) is 0. The second-order valence-corrected chi connectivity index (χ2v) is 4.69. The van der Waals surface area contributed by atoms with Gasteiger partial charge in [-0.15, -0.1) is 0 Å². The highest BCUT2D eigenvalue weighted by Gasteiger charge is 2.09. The van der Waals surface area contributed by atoms with Crippen LogP contribution in [0.3, 0.4) is 0 Å². The molecule has 0 heterocycles. The molecule has 0 saturated heterocycles. The van der Waals surface area contributed by atoms with Gasteiger partial charge in [0.25, 0.3) is 5.91 Å². The largest absolute Gasteiger partial charge is 0.504 e. The van der Waals surface area contributed by atoms with Gasteiger partial charge in [0.1, 0.15) is 5.82 Å². The van der Waals surface area contributed by atoms with E-state index in [-0.39, 0.29) is 22.6 Å². The Balaban J connectivity index is 2.13. The molecule has 0 aromatic heterocycles. The average Bonchev–Trinajstić information content (AvgIpc) is 2.50. The minimum atomic E-state index is -0.579. The molecule has 0 fully saturated rings. The SMILES string of the molecule is COc1cc(Cl)cc(C=NNC(=O)c2cccc(F)c2)c1O. The molecular weight excluding hydrogens is 311 g/mol. The maximum Gasteiger partial charge on any atom is 0.271 e. The number of aromatic hydroxyl groups is 1. The van der Waals surface area contributed by atoms with Crippen molar-refractivity contribution in [3.63, 3.8) is 0 Å². The highest BCUT2D eigenvalue weighted by molar-refractivity contribution is 6.31. The molecule has 22 heavy (non-hydrogen) atoms. The highest BCUT2D eigenvalue weighted by Crippen LogP contribution is 2.32. The Morgan fingerprint density at radius 2 is 2.18 bits per heavy atom. The van der Waals surface area contributed by atoms with E-state index in [1.807, 2.05) is 0 Å². The molecule has 5 nitrogen and oxygen atoms in total. The number of phenols is 1. The summed E-state index contributed by atoms with van der Waals surface area (Å²) in [4.78, 5) is 11.8. The number of carbonyl (C=O) groups is 1. The van der Waals surface area contributed by atoms with Crippen LogP contribution in [0.15, 0.2) is 41.5 Å². The van der Waals surface area contributed by atoms with Crippen LogP contribution >= 0.6 is 11.6 Å². The van der Waals surface area contributed by atoms with Crippen LogP contribution in [0.2, 0.25) is 5.02 Å². The summed E-state index contributed by atoms with van der Waals surface area (Å²) in [5, 5.41) is 13.9. The molecule has 2 rings (SSSR count). The van der Waals surface area contributed by atoms with E-state index in [4.69, 9.17) is 16.3 Å². The summed E-state index contributed by atoms with van der Waals surface area (Å²) in [7, 11) is 1.39. The first-order valence-electron chi connectivity index (χ1n) is 6.16. The number of methoxy groups -OCH3 is 1. The fraction of sp³-hybridized carbons (Fsp3) is 0.0667. The quantitative estimate of drug-likeness (QED) is 0.671. The molecule has 7 heteroatoms. The molecule has 0 unspecified atom stereocenters. The Morgan fingerprint density at radius 1 is 1.41 bits per heavy atom. The number of phenolic OH excluding ortho intramolecular Hbond substituents is 1. The van der Waals surface area contributed by atoms with Gasteiger partial charge in [-0.2, -0.15) is 5.10 Å². The maximum atomic E-state index is 13.0. The highest BCUT2D eigenvalue weighted by atomic mass is 35.5. The number of ether oxygens (including phenoxy) is 1. The van der Waals surface area contributed by atoms with Crippen molar-refractivity contribution in [1.82, 2.24) is 5.43 Å². The average molecular weight is 323 g/mol. The van der Waals surface area contributed by atoms with Crippen molar-refractivity contribution in [1.29, 1.82) is 0 Å². The van der Waals surface area contributed by atoms with Crippen molar-refractivity contribution in [3.05, 3.63) is 58.4 Å². The third-order valence-corrected chi connectivity index (χ3v) is 2.96. The molecule has 0 radical (unpaired) electrons. The first kappa shape index (κ1) is 15.8. The van der Waals surface area contributed by atoms with E-state index < -0.39 is 11.7 Å². The van der Waals surface area contributed by atoms with Gasteiger partial charge in [-0.3, -0.25) is 4.79 Å². The third kappa shape index (κ3) is 3.73. The Kier molecular flexibility index (Phi) is 4.95. The lowest BCUT2D eigenvalue weighted by molar-refractivity contribution is 0.0954. The van der Waals surface area contributed by atoms with Crippen molar-refractivity contribution in [2.24, 2.45) is 5.10 Å². The van der Waals surface area contributed by atoms with Crippen LogP contribution in [0, 0.1) is 5.82 Å². The van der Waals surface area contributed by atoms with Gasteiger partial charge in [-0.25, -0.2) is 9.82 Å². The van der Waals surface area contributed by atoms with Crippen molar-refractivity contribution in [2.45, 2.75) is 0 Å². The number of benzene rings is 2. The smallest absolute Gasteiger partial charge is 0.271 e. The summed E-state index contributed by atoms with van der Waals surface area (Å²) >= 11 is 5.87. The number of nitrogens with one attached hydrogen (secondary N) is 1. The topological polar surface area (TPSA) is 70.9 Å². The number of rotatable bonds is 4. The van der Waals surface area contributed by atoms with E-state index in [1.165, 1.54) is 43.7 Å². The number of hydrogen-bond donors (Lipinski definition) is 2. The third-order valence-electron chi connectivity index (χ3n) is 2.75. The van der Waals surface area contributed by atoms with Gasteiger partial charge in [-0.05, 0) is 24.3 Å². The van der Waals surface area contributed by atoms with Crippen LogP contribution in [0.25, 0.3) is 0 Å². The van der Waals surface area contributed by atoms with E-state index in [1.54, 1.807) is 0 Å². The zero-order chi connectivity index (χ0) is 16.1. The van der Waals surface area contributed by atoms with E-state index >= 15 is 0 Å². The minimum absolute atomic E-state index is 0.130. The number of hydrogen-bond acceptors (Lipinski definition) is 4. The fourth-order valence-corrected chi connectivity index (χ4v) is 1.92. The summed E-state index contributed by atoms with van der Waals surface area (Å²) in [5.74, 6) is -1.07. The number of nitrogens with zero attached hydrogens (tertiary/aromatic N) is 1. The molecular formula is C15H12ClFN2O3. The van der Waals surface area contributed by atoms with Crippen molar-refractivity contribution < 1.29 is 19.0 Å². The van der Waals surface area contributed by atoms with Crippen LogP contribution in [0.5, 0.6) is 11.5 Å². The second kappa shape index (κ2) is 6.91. The van der Waals surface area contributed by atoms with Crippen LogP contribution in [-0.2, 0) is 0 Å². The summed E-state index contributed by atoms with van der Waals surface area (Å²) < 4.78 is 18.0. The Bertz CT molecular complexity index is 735. The lowest BCUT2D eigenvalue weighted by Gasteiger charge is -2.06. The molecule has 0 atom stereocenters. The fourth-order valence-electron chi connectivity index (χ4n) is 1.70. The van der Waals surface area contributed by atoms with Crippen LogP contribution in [0.1, 0.15) is 15.9 Å². The predicted molar refractivity (Wildman–Crippen MR) is 81.1 cm³/mol. The number of halogens is 2. The Morgan fingerprint density at radius 3 is 2.86 bits per heavy atom. The first-order valence-corrected chi connectivity index (χ1v) is 6.54. The predicted octanol–water partition coefficient (Wildman–Crippen LogP) is 2.96. The van der Waals surface area contributed by atoms with E-state index in [0.717, 1.165) is 6.07 Å². The number of carbonyl (C=O) groups excluding carboxylic acids is 1. The van der Waals surface area contributed by atoms with Crippen molar-refractivity contribution in [2.75, 3.05) is 7.11 Å². The van der Waals surface area contributed by atoms with Gasteiger partial charge in [0, 0.05) is 22.2 Å². The van der Waals surface area contributed by atoms with Gasteiger partial charge in [-0.1, -0.05) is 17.7 Å². The monoisotopic (exact) mass is 322 g/mol. The first-order chi connectivity index (χ1) is 10.5. The van der Waals surface area contributed by atoms with Crippen molar-refractivity contribution >= 4 is 23.7 Å².